The molecule has 0 saturated heterocycles. The first-order valence-electron chi connectivity index (χ1n) is 8.16. The maximum atomic E-state index is 13.3. The quantitative estimate of drug-likeness (QED) is 0.750. The van der Waals surface area contributed by atoms with Gasteiger partial charge in [-0.05, 0) is 51.5 Å². The SMILES string of the molecule is C=C(C)[C@H](NC(=O)OC(C)C)C(=O)N[C@H](C)c1nc2ccc(F)cc2s1. The number of amides is 2. The first-order valence-corrected chi connectivity index (χ1v) is 8.98. The van der Waals surface area contributed by atoms with E-state index in [4.69, 9.17) is 4.74 Å². The molecule has 2 amide bonds. The van der Waals surface area contributed by atoms with Gasteiger partial charge in [-0.1, -0.05) is 6.58 Å². The monoisotopic (exact) mass is 379 g/mol. The average molecular weight is 379 g/mol. The molecule has 0 aliphatic heterocycles. The molecule has 8 heteroatoms. The van der Waals surface area contributed by atoms with Crippen LogP contribution in [-0.4, -0.2) is 29.1 Å². The number of carbonyl (C=O) groups is 2. The maximum absolute atomic E-state index is 13.3. The first kappa shape index (κ1) is 19.8. The fraction of sp³-hybridized carbons (Fsp3) is 0.389. The predicted molar refractivity (Wildman–Crippen MR) is 99.5 cm³/mol. The summed E-state index contributed by atoms with van der Waals surface area (Å²) in [6, 6.07) is 3.02. The minimum atomic E-state index is -0.921. The van der Waals surface area contributed by atoms with Gasteiger partial charge in [-0.25, -0.2) is 14.2 Å². The van der Waals surface area contributed by atoms with Gasteiger partial charge in [-0.15, -0.1) is 11.3 Å². The van der Waals surface area contributed by atoms with E-state index in [1.165, 1.54) is 23.5 Å². The van der Waals surface area contributed by atoms with Crippen LogP contribution in [0.2, 0.25) is 0 Å². The number of rotatable bonds is 6. The number of benzene rings is 1. The van der Waals surface area contributed by atoms with E-state index in [0.29, 0.717) is 20.8 Å². The minimum absolute atomic E-state index is 0.300. The van der Waals surface area contributed by atoms with Crippen LogP contribution in [0.5, 0.6) is 0 Å². The Bertz CT molecular complexity index is 834. The van der Waals surface area contributed by atoms with Crippen LogP contribution >= 0.6 is 11.3 Å². The fourth-order valence-corrected chi connectivity index (χ4v) is 3.23. The van der Waals surface area contributed by atoms with Crippen molar-refractivity contribution in [1.29, 1.82) is 0 Å². The van der Waals surface area contributed by atoms with E-state index in [-0.39, 0.29) is 11.9 Å². The highest BCUT2D eigenvalue weighted by Crippen LogP contribution is 2.27. The zero-order valence-corrected chi connectivity index (χ0v) is 15.9. The molecule has 2 rings (SSSR count). The van der Waals surface area contributed by atoms with Gasteiger partial charge < -0.3 is 15.4 Å². The molecule has 0 bridgehead atoms. The molecular formula is C18H22FN3O3S. The normalized spacial score (nSPS) is 13.3. The van der Waals surface area contributed by atoms with Crippen molar-refractivity contribution < 1.29 is 18.7 Å². The smallest absolute Gasteiger partial charge is 0.408 e. The Labute approximate surface area is 155 Å². The Morgan fingerprint density at radius 3 is 2.58 bits per heavy atom. The van der Waals surface area contributed by atoms with Gasteiger partial charge in [0, 0.05) is 0 Å². The van der Waals surface area contributed by atoms with Crippen molar-refractivity contribution in [3.8, 4) is 0 Å². The summed E-state index contributed by atoms with van der Waals surface area (Å²) in [6.45, 7) is 10.6. The number of hydrogen-bond acceptors (Lipinski definition) is 5. The van der Waals surface area contributed by atoms with E-state index in [1.54, 1.807) is 33.8 Å². The molecule has 2 atom stereocenters. The molecule has 26 heavy (non-hydrogen) atoms. The minimum Gasteiger partial charge on any atom is -0.447 e. The highest BCUT2D eigenvalue weighted by Gasteiger charge is 2.25. The van der Waals surface area contributed by atoms with Crippen molar-refractivity contribution >= 4 is 33.6 Å². The molecule has 0 aliphatic rings. The fourth-order valence-electron chi connectivity index (χ4n) is 2.24. The third-order valence-corrected chi connectivity index (χ3v) is 4.66. The van der Waals surface area contributed by atoms with E-state index in [1.807, 2.05) is 0 Å². The van der Waals surface area contributed by atoms with Crippen LogP contribution in [0.4, 0.5) is 9.18 Å². The maximum Gasteiger partial charge on any atom is 0.408 e. The molecule has 1 aromatic heterocycles. The Morgan fingerprint density at radius 2 is 1.96 bits per heavy atom. The molecule has 2 N–H and O–H groups in total. The highest BCUT2D eigenvalue weighted by molar-refractivity contribution is 7.18. The third-order valence-electron chi connectivity index (χ3n) is 3.46. The molecule has 6 nitrogen and oxygen atoms in total. The van der Waals surface area contributed by atoms with Crippen molar-refractivity contribution in [2.24, 2.45) is 0 Å². The van der Waals surface area contributed by atoms with Gasteiger partial charge in [0.2, 0.25) is 5.91 Å². The van der Waals surface area contributed by atoms with Gasteiger partial charge in [-0.3, -0.25) is 4.79 Å². The number of nitrogens with one attached hydrogen (secondary N) is 2. The lowest BCUT2D eigenvalue weighted by Crippen LogP contribution is -2.48. The van der Waals surface area contributed by atoms with Gasteiger partial charge >= 0.3 is 6.09 Å². The first-order chi connectivity index (χ1) is 12.2. The van der Waals surface area contributed by atoms with Crippen molar-refractivity contribution in [1.82, 2.24) is 15.6 Å². The molecule has 140 valence electrons. The number of ether oxygens (including phenoxy) is 1. The van der Waals surface area contributed by atoms with Crippen molar-refractivity contribution in [3.05, 3.63) is 41.2 Å². The van der Waals surface area contributed by atoms with E-state index < -0.39 is 24.1 Å². The lowest BCUT2D eigenvalue weighted by molar-refractivity contribution is -0.122. The van der Waals surface area contributed by atoms with Gasteiger partial charge in [0.05, 0.1) is 22.4 Å². The Morgan fingerprint density at radius 1 is 1.27 bits per heavy atom. The van der Waals surface area contributed by atoms with Crippen LogP contribution < -0.4 is 10.6 Å². The number of carbonyl (C=O) groups excluding carboxylic acids is 2. The van der Waals surface area contributed by atoms with Crippen LogP contribution in [0.3, 0.4) is 0 Å². The summed E-state index contributed by atoms with van der Waals surface area (Å²) in [5.74, 6) is -0.754. The topological polar surface area (TPSA) is 80.3 Å². The number of halogens is 1. The Balaban J connectivity index is 2.09. The number of nitrogens with zero attached hydrogens (tertiary/aromatic N) is 1. The standard InChI is InChI=1S/C18H22FN3O3S/c1-9(2)15(22-18(24)25-10(3)4)16(23)20-11(5)17-21-13-7-6-12(19)8-14(13)26-17/h6-8,10-11,15H,1H2,2-5H3,(H,20,23)(H,22,24)/t11-,15+/m1/s1. The second-order valence-electron chi connectivity index (χ2n) is 6.27. The largest absolute Gasteiger partial charge is 0.447 e. The van der Waals surface area contributed by atoms with Crippen LogP contribution in [0.15, 0.2) is 30.4 Å². The summed E-state index contributed by atoms with van der Waals surface area (Å²) in [6.07, 6.45) is -0.989. The van der Waals surface area contributed by atoms with Crippen LogP contribution in [-0.2, 0) is 9.53 Å². The summed E-state index contributed by atoms with van der Waals surface area (Å²) >= 11 is 1.30. The van der Waals surface area contributed by atoms with E-state index in [0.717, 1.165) is 0 Å². The predicted octanol–water partition coefficient (Wildman–Crippen LogP) is 3.69. The highest BCUT2D eigenvalue weighted by atomic mass is 32.1. The van der Waals surface area contributed by atoms with Crippen LogP contribution in [0, 0.1) is 5.82 Å². The number of aromatic nitrogens is 1. The number of alkyl carbamates (subject to hydrolysis) is 1. The molecule has 0 saturated carbocycles. The summed E-state index contributed by atoms with van der Waals surface area (Å²) in [5, 5.41) is 5.94. The van der Waals surface area contributed by atoms with Crippen molar-refractivity contribution in [2.45, 2.75) is 45.9 Å². The number of fused-ring (bicyclic) bond motifs is 1. The molecule has 1 heterocycles. The number of thiazole rings is 1. The third kappa shape index (κ3) is 5.01. The summed E-state index contributed by atoms with van der Waals surface area (Å²) in [4.78, 5) is 28.7. The van der Waals surface area contributed by atoms with Gasteiger partial charge in [0.1, 0.15) is 16.9 Å². The zero-order valence-electron chi connectivity index (χ0n) is 15.1. The van der Waals surface area contributed by atoms with E-state index >= 15 is 0 Å². The molecule has 0 fully saturated rings. The van der Waals surface area contributed by atoms with Crippen LogP contribution in [0.1, 0.15) is 38.7 Å². The summed E-state index contributed by atoms with van der Waals surface area (Å²) < 4.78 is 19.0. The van der Waals surface area contributed by atoms with Crippen LogP contribution in [0.25, 0.3) is 10.2 Å². The zero-order chi connectivity index (χ0) is 19.4. The second-order valence-corrected chi connectivity index (χ2v) is 7.33. The average Bonchev–Trinajstić information content (AvgIpc) is 2.94. The van der Waals surface area contributed by atoms with E-state index in [2.05, 4.69) is 22.2 Å². The van der Waals surface area contributed by atoms with Crippen molar-refractivity contribution in [3.63, 3.8) is 0 Å². The molecule has 0 aliphatic carbocycles. The summed E-state index contributed by atoms with van der Waals surface area (Å²) in [5.41, 5.74) is 1.14. The molecule has 0 radical (unpaired) electrons. The molecule has 0 unspecified atom stereocenters. The summed E-state index contributed by atoms with van der Waals surface area (Å²) in [7, 11) is 0. The lowest BCUT2D eigenvalue weighted by Gasteiger charge is -2.21. The molecule has 2 aromatic rings. The van der Waals surface area contributed by atoms with Gasteiger partial charge in [0.25, 0.3) is 0 Å². The van der Waals surface area contributed by atoms with Crippen molar-refractivity contribution in [2.75, 3.05) is 0 Å². The Kier molecular flexibility index (Phi) is 6.31. The van der Waals surface area contributed by atoms with Gasteiger partial charge in [0.15, 0.2) is 0 Å². The number of hydrogen-bond donors (Lipinski definition) is 2. The van der Waals surface area contributed by atoms with E-state index in [9.17, 15) is 14.0 Å². The van der Waals surface area contributed by atoms with Gasteiger partial charge in [-0.2, -0.15) is 0 Å². The molecular weight excluding hydrogens is 357 g/mol. The Hall–Kier alpha value is -2.48. The lowest BCUT2D eigenvalue weighted by atomic mass is 10.1. The second kappa shape index (κ2) is 8.27. The molecule has 1 aromatic carbocycles. The molecule has 0 spiro atoms.